The fourth-order valence-corrected chi connectivity index (χ4v) is 3.63. The second kappa shape index (κ2) is 7.67. The van der Waals surface area contributed by atoms with Crippen LogP contribution < -0.4 is 10.2 Å². The van der Waals surface area contributed by atoms with Crippen molar-refractivity contribution in [3.63, 3.8) is 0 Å². The number of rotatable bonds is 5. The summed E-state index contributed by atoms with van der Waals surface area (Å²) in [5.41, 5.74) is 2.42. The van der Waals surface area contributed by atoms with Crippen molar-refractivity contribution in [1.29, 1.82) is 0 Å². The molecule has 2 atom stereocenters. The lowest BCUT2D eigenvalue weighted by atomic mass is 10.2. The minimum atomic E-state index is -0.666. The van der Waals surface area contributed by atoms with E-state index in [9.17, 15) is 14.4 Å². The van der Waals surface area contributed by atoms with Crippen LogP contribution in [-0.4, -0.2) is 35.3 Å². The summed E-state index contributed by atoms with van der Waals surface area (Å²) in [6.45, 7) is 5.07. The average Bonchev–Trinajstić information content (AvgIpc) is 3.24. The van der Waals surface area contributed by atoms with Crippen LogP contribution in [0.25, 0.3) is 11.0 Å². The van der Waals surface area contributed by atoms with Gasteiger partial charge in [0.1, 0.15) is 23.9 Å². The summed E-state index contributed by atoms with van der Waals surface area (Å²) < 4.78 is 5.77. The number of fused-ring (bicyclic) bond motifs is 1. The number of urea groups is 1. The van der Waals surface area contributed by atoms with Gasteiger partial charge >= 0.3 is 6.03 Å². The Morgan fingerprint density at radius 1 is 1.13 bits per heavy atom. The van der Waals surface area contributed by atoms with Gasteiger partial charge in [-0.1, -0.05) is 35.9 Å². The first-order valence-electron chi connectivity index (χ1n) is 9.84. The average molecular weight is 405 g/mol. The Morgan fingerprint density at radius 3 is 2.53 bits per heavy atom. The monoisotopic (exact) mass is 405 g/mol. The maximum Gasteiger partial charge on any atom is 0.332 e. The Hall–Kier alpha value is -3.61. The summed E-state index contributed by atoms with van der Waals surface area (Å²) in [5, 5.41) is 3.75. The Bertz CT molecular complexity index is 1090. The number of nitrogens with one attached hydrogen (secondary N) is 1. The molecule has 7 nitrogen and oxygen atoms in total. The lowest BCUT2D eigenvalue weighted by molar-refractivity contribution is -0.132. The highest BCUT2D eigenvalue weighted by molar-refractivity contribution is 6.15. The van der Waals surface area contributed by atoms with Crippen LogP contribution in [0.3, 0.4) is 0 Å². The summed E-state index contributed by atoms with van der Waals surface area (Å²) in [7, 11) is 0. The van der Waals surface area contributed by atoms with Crippen molar-refractivity contribution in [1.82, 2.24) is 10.2 Å². The molecule has 154 valence electrons. The number of carbonyl (C=O) groups is 3. The number of imide groups is 1. The lowest BCUT2D eigenvalue weighted by Crippen LogP contribution is -2.42. The first-order valence-corrected chi connectivity index (χ1v) is 9.84. The van der Waals surface area contributed by atoms with Crippen molar-refractivity contribution in [2.24, 2.45) is 0 Å². The molecule has 0 radical (unpaired) electrons. The van der Waals surface area contributed by atoms with E-state index < -0.39 is 29.9 Å². The molecule has 0 saturated carbocycles. The Morgan fingerprint density at radius 2 is 1.83 bits per heavy atom. The number of furan rings is 1. The maximum absolute atomic E-state index is 12.9. The number of amides is 4. The molecule has 2 unspecified atom stereocenters. The number of para-hydroxylation sites is 1. The van der Waals surface area contributed by atoms with Gasteiger partial charge in [0.05, 0.1) is 6.04 Å². The molecule has 1 fully saturated rings. The number of hydrogen-bond donors (Lipinski definition) is 1. The van der Waals surface area contributed by atoms with Gasteiger partial charge in [-0.05, 0) is 45.0 Å². The summed E-state index contributed by atoms with van der Waals surface area (Å²) in [4.78, 5) is 40.5. The zero-order valence-electron chi connectivity index (χ0n) is 17.1. The second-order valence-corrected chi connectivity index (χ2v) is 7.56. The van der Waals surface area contributed by atoms with E-state index in [0.717, 1.165) is 21.4 Å². The lowest BCUT2D eigenvalue weighted by Gasteiger charge is -2.19. The van der Waals surface area contributed by atoms with E-state index >= 15 is 0 Å². The molecule has 0 bridgehead atoms. The molecular formula is C23H23N3O4. The summed E-state index contributed by atoms with van der Waals surface area (Å²) in [6, 6.07) is 15.2. The molecule has 4 rings (SSSR count). The third kappa shape index (κ3) is 3.54. The molecule has 3 aromatic rings. The van der Waals surface area contributed by atoms with Gasteiger partial charge in [-0.15, -0.1) is 0 Å². The minimum Gasteiger partial charge on any atom is -0.459 e. The fraction of sp³-hybridized carbons (Fsp3) is 0.261. The zero-order chi connectivity index (χ0) is 21.4. The fourth-order valence-electron chi connectivity index (χ4n) is 3.63. The highest BCUT2D eigenvalue weighted by atomic mass is 16.3. The van der Waals surface area contributed by atoms with Crippen LogP contribution in [0.15, 0.2) is 59.0 Å². The second-order valence-electron chi connectivity index (χ2n) is 7.56. The maximum atomic E-state index is 12.9. The van der Waals surface area contributed by atoms with E-state index in [-0.39, 0.29) is 6.54 Å². The number of anilines is 1. The minimum absolute atomic E-state index is 0.338. The molecule has 1 N–H and O–H groups in total. The van der Waals surface area contributed by atoms with Crippen molar-refractivity contribution >= 4 is 34.5 Å². The molecule has 1 saturated heterocycles. The molecular weight excluding hydrogens is 382 g/mol. The van der Waals surface area contributed by atoms with E-state index in [2.05, 4.69) is 5.32 Å². The quantitative estimate of drug-likeness (QED) is 0.655. The molecule has 30 heavy (non-hydrogen) atoms. The van der Waals surface area contributed by atoms with Crippen LogP contribution in [0.1, 0.15) is 31.2 Å². The van der Waals surface area contributed by atoms with Gasteiger partial charge < -0.3 is 9.73 Å². The zero-order valence-corrected chi connectivity index (χ0v) is 17.1. The summed E-state index contributed by atoms with van der Waals surface area (Å²) >= 11 is 0. The number of carbonyl (C=O) groups excluding carboxylic acids is 3. The largest absolute Gasteiger partial charge is 0.459 e. The van der Waals surface area contributed by atoms with Crippen LogP contribution in [0.5, 0.6) is 0 Å². The molecule has 4 amide bonds. The number of aryl methyl sites for hydroxylation is 1. The van der Waals surface area contributed by atoms with Gasteiger partial charge in [0.2, 0.25) is 5.91 Å². The summed E-state index contributed by atoms with van der Waals surface area (Å²) in [5.74, 6) is -0.215. The molecule has 2 aromatic carbocycles. The smallest absolute Gasteiger partial charge is 0.332 e. The predicted octanol–water partition coefficient (Wildman–Crippen LogP) is 3.78. The van der Waals surface area contributed by atoms with E-state index in [0.29, 0.717) is 11.4 Å². The molecule has 1 aliphatic heterocycles. The Kier molecular flexibility index (Phi) is 5.03. The third-order valence-electron chi connectivity index (χ3n) is 5.31. The first-order chi connectivity index (χ1) is 14.3. The number of nitrogens with zero attached hydrogens (tertiary/aromatic N) is 2. The van der Waals surface area contributed by atoms with Crippen LogP contribution >= 0.6 is 0 Å². The van der Waals surface area contributed by atoms with Gasteiger partial charge in [0.15, 0.2) is 0 Å². The number of benzene rings is 2. The van der Waals surface area contributed by atoms with E-state index in [1.54, 1.807) is 26.0 Å². The highest BCUT2D eigenvalue weighted by Gasteiger charge is 2.44. The van der Waals surface area contributed by atoms with Crippen molar-refractivity contribution < 1.29 is 18.8 Å². The van der Waals surface area contributed by atoms with Crippen molar-refractivity contribution in [3.05, 3.63) is 65.9 Å². The van der Waals surface area contributed by atoms with Crippen LogP contribution in [-0.2, 0) is 9.59 Å². The Balaban J connectivity index is 1.45. The standard InChI is InChI=1S/C23H23N3O4/c1-14-8-10-18(11-9-14)26-16(3)22(28)25(23(26)29)13-21(27)24-15(2)20-12-17-6-4-5-7-19(17)30-20/h4-12,15-16H,13H2,1-3H3,(H,24,27). The number of hydrogen-bond acceptors (Lipinski definition) is 4. The van der Waals surface area contributed by atoms with Crippen molar-refractivity contribution in [2.45, 2.75) is 32.9 Å². The van der Waals surface area contributed by atoms with Crippen molar-refractivity contribution in [2.75, 3.05) is 11.4 Å². The highest BCUT2D eigenvalue weighted by Crippen LogP contribution is 2.26. The van der Waals surface area contributed by atoms with Gasteiger partial charge in [-0.3, -0.25) is 19.4 Å². The third-order valence-corrected chi connectivity index (χ3v) is 5.31. The molecule has 0 spiro atoms. The SMILES string of the molecule is Cc1ccc(N2C(=O)N(CC(=O)NC(C)c3cc4ccccc4o3)C(=O)C2C)cc1. The predicted molar refractivity (Wildman–Crippen MR) is 113 cm³/mol. The van der Waals surface area contributed by atoms with E-state index in [1.807, 2.05) is 49.4 Å². The molecule has 0 aliphatic carbocycles. The van der Waals surface area contributed by atoms with Crippen LogP contribution in [0, 0.1) is 6.92 Å². The van der Waals surface area contributed by atoms with Gasteiger partial charge in [0, 0.05) is 11.1 Å². The van der Waals surface area contributed by atoms with Crippen molar-refractivity contribution in [3.8, 4) is 0 Å². The van der Waals surface area contributed by atoms with Crippen LogP contribution in [0.4, 0.5) is 10.5 Å². The summed E-state index contributed by atoms with van der Waals surface area (Å²) in [6.07, 6.45) is 0. The van der Waals surface area contributed by atoms with Gasteiger partial charge in [-0.2, -0.15) is 0 Å². The van der Waals surface area contributed by atoms with Gasteiger partial charge in [-0.25, -0.2) is 4.79 Å². The molecule has 1 aliphatic rings. The van der Waals surface area contributed by atoms with E-state index in [4.69, 9.17) is 4.42 Å². The normalized spacial score (nSPS) is 17.6. The topological polar surface area (TPSA) is 82.9 Å². The van der Waals surface area contributed by atoms with Gasteiger partial charge in [0.25, 0.3) is 5.91 Å². The van der Waals surface area contributed by atoms with E-state index in [1.165, 1.54) is 4.90 Å². The molecule has 1 aromatic heterocycles. The Labute approximate surface area is 174 Å². The van der Waals surface area contributed by atoms with Crippen LogP contribution in [0.2, 0.25) is 0 Å². The molecule has 7 heteroatoms. The molecule has 2 heterocycles. The first kappa shape index (κ1) is 19.7.